The normalized spacial score (nSPS) is 16.5. The molecule has 1 fully saturated rings. The van der Waals surface area contributed by atoms with Gasteiger partial charge < -0.3 is 9.42 Å². The number of aromatic nitrogens is 3. The Labute approximate surface area is 162 Å². The molecular weight excluding hydrogens is 362 g/mol. The number of rotatable bonds is 3. The smallest absolute Gasteiger partial charge is 0.266 e. The topological polar surface area (TPSA) is 55.1 Å². The molecule has 4 rings (SSSR count). The van der Waals surface area contributed by atoms with E-state index in [4.69, 9.17) is 4.52 Å². The lowest BCUT2D eigenvalue weighted by molar-refractivity contribution is 0.0257. The summed E-state index contributed by atoms with van der Waals surface area (Å²) in [7, 11) is 0. The van der Waals surface area contributed by atoms with Crippen LogP contribution in [0, 0.1) is 0 Å². The Morgan fingerprint density at radius 3 is 2.46 bits per heavy atom. The fourth-order valence-corrected chi connectivity index (χ4v) is 3.32. The van der Waals surface area contributed by atoms with Crippen LogP contribution in [0.3, 0.4) is 0 Å². The van der Waals surface area contributed by atoms with E-state index in [1.165, 1.54) is 0 Å². The molecule has 0 unspecified atom stereocenters. The maximum Gasteiger partial charge on any atom is 0.266 e. The first-order chi connectivity index (χ1) is 13.2. The molecule has 146 valence electrons. The van der Waals surface area contributed by atoms with E-state index in [9.17, 15) is 8.78 Å². The average molecular weight is 384 g/mol. The first kappa shape index (κ1) is 18.5. The quantitative estimate of drug-likeness (QED) is 0.640. The van der Waals surface area contributed by atoms with Gasteiger partial charge in [-0.05, 0) is 17.2 Å². The van der Waals surface area contributed by atoms with Crippen LogP contribution in [0.5, 0.6) is 0 Å². The fraction of sp³-hybridized carbons (Fsp3) is 0.381. The van der Waals surface area contributed by atoms with Gasteiger partial charge in [-0.3, -0.25) is 0 Å². The number of anilines is 1. The van der Waals surface area contributed by atoms with Crippen molar-refractivity contribution in [2.75, 3.05) is 18.0 Å². The molecule has 2 aromatic heterocycles. The van der Waals surface area contributed by atoms with Crippen molar-refractivity contribution in [1.82, 2.24) is 15.1 Å². The van der Waals surface area contributed by atoms with E-state index in [1.54, 1.807) is 11.1 Å². The van der Waals surface area contributed by atoms with Gasteiger partial charge in [-0.1, -0.05) is 56.3 Å². The van der Waals surface area contributed by atoms with Crippen molar-refractivity contribution in [3.05, 3.63) is 48.5 Å². The highest BCUT2D eigenvalue weighted by Gasteiger charge is 2.40. The SMILES string of the molecule is CC(C)(C)c1nc(-c2c(-c3ccccc3)ccnc2N2CCC(F)(F)C2)no1. The van der Waals surface area contributed by atoms with Crippen LogP contribution in [0.4, 0.5) is 14.6 Å². The first-order valence-electron chi connectivity index (χ1n) is 9.26. The summed E-state index contributed by atoms with van der Waals surface area (Å²) in [6.45, 7) is 5.80. The van der Waals surface area contributed by atoms with Gasteiger partial charge in [-0.2, -0.15) is 4.98 Å². The van der Waals surface area contributed by atoms with E-state index in [-0.39, 0.29) is 24.9 Å². The third kappa shape index (κ3) is 3.48. The highest BCUT2D eigenvalue weighted by molar-refractivity contribution is 5.88. The van der Waals surface area contributed by atoms with E-state index >= 15 is 0 Å². The van der Waals surface area contributed by atoms with Crippen molar-refractivity contribution in [3.63, 3.8) is 0 Å². The molecule has 3 aromatic rings. The Bertz CT molecular complexity index is 980. The summed E-state index contributed by atoms with van der Waals surface area (Å²) < 4.78 is 33.2. The van der Waals surface area contributed by atoms with Gasteiger partial charge in [0.15, 0.2) is 0 Å². The third-order valence-electron chi connectivity index (χ3n) is 4.78. The maximum absolute atomic E-state index is 13.9. The summed E-state index contributed by atoms with van der Waals surface area (Å²) in [6.07, 6.45) is 1.45. The van der Waals surface area contributed by atoms with Crippen LogP contribution in [0.2, 0.25) is 0 Å². The van der Waals surface area contributed by atoms with Gasteiger partial charge in [0.25, 0.3) is 5.92 Å². The molecule has 1 aliphatic heterocycles. The van der Waals surface area contributed by atoms with Crippen molar-refractivity contribution < 1.29 is 13.3 Å². The Balaban J connectivity index is 1.89. The van der Waals surface area contributed by atoms with Gasteiger partial charge in [-0.25, -0.2) is 13.8 Å². The molecule has 0 bridgehead atoms. The van der Waals surface area contributed by atoms with Gasteiger partial charge in [0.1, 0.15) is 5.82 Å². The standard InChI is InChI=1S/C21H22F2N4O/c1-20(2,3)19-25-17(26-28-19)16-15(14-7-5-4-6-8-14)9-11-24-18(16)27-12-10-21(22,23)13-27/h4-9,11H,10,12-13H2,1-3H3. The molecule has 0 aliphatic carbocycles. The molecule has 0 saturated carbocycles. The Morgan fingerprint density at radius 2 is 1.86 bits per heavy atom. The van der Waals surface area contributed by atoms with Crippen LogP contribution in [-0.4, -0.2) is 34.1 Å². The number of hydrogen-bond donors (Lipinski definition) is 0. The van der Waals surface area contributed by atoms with E-state index < -0.39 is 5.92 Å². The van der Waals surface area contributed by atoms with Crippen LogP contribution in [-0.2, 0) is 5.41 Å². The van der Waals surface area contributed by atoms with Crippen LogP contribution >= 0.6 is 0 Å². The largest absolute Gasteiger partial charge is 0.350 e. The Hall–Kier alpha value is -2.83. The molecule has 0 amide bonds. The van der Waals surface area contributed by atoms with Gasteiger partial charge >= 0.3 is 0 Å². The number of hydrogen-bond acceptors (Lipinski definition) is 5. The van der Waals surface area contributed by atoms with E-state index in [1.807, 2.05) is 57.2 Å². The lowest BCUT2D eigenvalue weighted by Crippen LogP contribution is -2.26. The molecule has 3 heterocycles. The number of halogens is 2. The maximum atomic E-state index is 13.9. The average Bonchev–Trinajstić information content (AvgIpc) is 3.28. The van der Waals surface area contributed by atoms with Crippen molar-refractivity contribution in [1.29, 1.82) is 0 Å². The second kappa shape index (κ2) is 6.65. The van der Waals surface area contributed by atoms with Crippen molar-refractivity contribution in [3.8, 4) is 22.5 Å². The zero-order valence-corrected chi connectivity index (χ0v) is 16.1. The Morgan fingerprint density at radius 1 is 1.11 bits per heavy atom. The summed E-state index contributed by atoms with van der Waals surface area (Å²) in [5, 5.41) is 4.17. The Kier molecular flexibility index (Phi) is 4.40. The van der Waals surface area contributed by atoms with Gasteiger partial charge in [-0.15, -0.1) is 0 Å². The van der Waals surface area contributed by atoms with Gasteiger partial charge in [0.2, 0.25) is 11.7 Å². The third-order valence-corrected chi connectivity index (χ3v) is 4.78. The molecule has 0 N–H and O–H groups in total. The summed E-state index contributed by atoms with van der Waals surface area (Å²) in [6, 6.07) is 11.6. The number of benzene rings is 1. The lowest BCUT2D eigenvalue weighted by Gasteiger charge is -2.21. The molecule has 0 spiro atoms. The van der Waals surface area contributed by atoms with E-state index in [0.29, 0.717) is 23.1 Å². The second-order valence-corrected chi connectivity index (χ2v) is 8.12. The van der Waals surface area contributed by atoms with E-state index in [2.05, 4.69) is 15.1 Å². The van der Waals surface area contributed by atoms with Crippen LogP contribution < -0.4 is 4.90 Å². The molecule has 1 aromatic carbocycles. The van der Waals surface area contributed by atoms with Crippen LogP contribution in [0.15, 0.2) is 47.1 Å². The molecule has 1 aliphatic rings. The van der Waals surface area contributed by atoms with Crippen molar-refractivity contribution >= 4 is 5.82 Å². The predicted molar refractivity (Wildman–Crippen MR) is 103 cm³/mol. The highest BCUT2D eigenvalue weighted by Crippen LogP contribution is 2.40. The van der Waals surface area contributed by atoms with Gasteiger partial charge in [0.05, 0.1) is 12.1 Å². The molecule has 0 radical (unpaired) electrons. The monoisotopic (exact) mass is 384 g/mol. The number of pyridine rings is 1. The zero-order valence-electron chi connectivity index (χ0n) is 16.1. The first-order valence-corrected chi connectivity index (χ1v) is 9.26. The molecule has 7 heteroatoms. The predicted octanol–water partition coefficient (Wildman–Crippen LogP) is 4.94. The number of nitrogens with zero attached hydrogens (tertiary/aromatic N) is 4. The molecule has 5 nitrogen and oxygen atoms in total. The molecule has 0 atom stereocenters. The minimum atomic E-state index is -2.73. The lowest BCUT2D eigenvalue weighted by atomic mass is 9.97. The fourth-order valence-electron chi connectivity index (χ4n) is 3.32. The van der Waals surface area contributed by atoms with E-state index in [0.717, 1.165) is 11.1 Å². The van der Waals surface area contributed by atoms with Crippen molar-refractivity contribution in [2.45, 2.75) is 38.5 Å². The summed E-state index contributed by atoms with van der Waals surface area (Å²) >= 11 is 0. The molecular formula is C21H22F2N4O. The zero-order chi connectivity index (χ0) is 19.9. The van der Waals surface area contributed by atoms with Gasteiger partial charge in [0, 0.05) is 24.6 Å². The second-order valence-electron chi connectivity index (χ2n) is 8.12. The number of alkyl halides is 2. The highest BCUT2D eigenvalue weighted by atomic mass is 19.3. The van der Waals surface area contributed by atoms with Crippen LogP contribution in [0.25, 0.3) is 22.5 Å². The molecule has 1 saturated heterocycles. The molecule has 28 heavy (non-hydrogen) atoms. The minimum absolute atomic E-state index is 0.191. The van der Waals surface area contributed by atoms with Crippen molar-refractivity contribution in [2.24, 2.45) is 0 Å². The van der Waals surface area contributed by atoms with Crippen LogP contribution in [0.1, 0.15) is 33.1 Å². The minimum Gasteiger partial charge on any atom is -0.350 e. The summed E-state index contributed by atoms with van der Waals surface area (Å²) in [5.41, 5.74) is 2.07. The summed E-state index contributed by atoms with van der Waals surface area (Å²) in [5.74, 6) is -1.42. The summed E-state index contributed by atoms with van der Waals surface area (Å²) in [4.78, 5) is 10.6.